The second-order valence-corrected chi connectivity index (χ2v) is 5.99. The summed E-state index contributed by atoms with van der Waals surface area (Å²) >= 11 is 0. The van der Waals surface area contributed by atoms with Gasteiger partial charge in [0, 0.05) is 6.04 Å². The van der Waals surface area contributed by atoms with Crippen molar-refractivity contribution in [3.63, 3.8) is 0 Å². The zero-order valence-corrected chi connectivity index (χ0v) is 12.4. The Morgan fingerprint density at radius 2 is 1.84 bits per heavy atom. The van der Waals surface area contributed by atoms with Crippen LogP contribution in [0.25, 0.3) is 0 Å². The lowest BCUT2D eigenvalue weighted by molar-refractivity contribution is 0.348. The number of hydrazine groups is 1. The minimum Gasteiger partial charge on any atom is -0.271 e. The van der Waals surface area contributed by atoms with Gasteiger partial charge < -0.3 is 0 Å². The summed E-state index contributed by atoms with van der Waals surface area (Å²) in [5.74, 6) is 7.46. The molecule has 3 N–H and O–H groups in total. The van der Waals surface area contributed by atoms with Gasteiger partial charge in [0.1, 0.15) is 0 Å². The lowest BCUT2D eigenvalue weighted by Gasteiger charge is -2.23. The molecule has 2 nitrogen and oxygen atoms in total. The predicted octanol–water partition coefficient (Wildman–Crippen LogP) is 3.45. The van der Waals surface area contributed by atoms with Gasteiger partial charge in [0.05, 0.1) is 0 Å². The first-order valence-corrected chi connectivity index (χ1v) is 7.80. The van der Waals surface area contributed by atoms with Gasteiger partial charge in [0.25, 0.3) is 0 Å². The van der Waals surface area contributed by atoms with Gasteiger partial charge in [-0.25, -0.2) is 0 Å². The maximum atomic E-state index is 5.79. The average Bonchev–Trinajstić information content (AvgIpc) is 2.94. The lowest BCUT2D eigenvalue weighted by Crippen LogP contribution is -2.41. The smallest absolute Gasteiger partial charge is 0.0279 e. The molecule has 1 saturated carbocycles. The maximum Gasteiger partial charge on any atom is 0.0279 e. The first-order valence-electron chi connectivity index (χ1n) is 7.80. The van der Waals surface area contributed by atoms with E-state index in [4.69, 9.17) is 5.84 Å². The predicted molar refractivity (Wildman–Crippen MR) is 81.8 cm³/mol. The molecule has 3 atom stereocenters. The Morgan fingerprint density at radius 1 is 1.16 bits per heavy atom. The molecular formula is C17H28N2. The van der Waals surface area contributed by atoms with Crippen molar-refractivity contribution >= 4 is 0 Å². The van der Waals surface area contributed by atoms with Crippen molar-refractivity contribution in [2.45, 2.75) is 58.4 Å². The van der Waals surface area contributed by atoms with Crippen molar-refractivity contribution < 1.29 is 0 Å². The van der Waals surface area contributed by atoms with Crippen molar-refractivity contribution in [1.82, 2.24) is 5.43 Å². The first kappa shape index (κ1) is 14.5. The molecule has 2 heteroatoms. The third-order valence-corrected chi connectivity index (χ3v) is 4.83. The van der Waals surface area contributed by atoms with E-state index in [1.165, 1.54) is 36.8 Å². The zero-order chi connectivity index (χ0) is 13.7. The maximum absolute atomic E-state index is 5.79. The minimum atomic E-state index is 0.434. The van der Waals surface area contributed by atoms with Crippen LogP contribution in [0.3, 0.4) is 0 Å². The Hall–Kier alpha value is -0.860. The fraction of sp³-hybridized carbons (Fsp3) is 0.647. The molecule has 0 aliphatic heterocycles. The van der Waals surface area contributed by atoms with Gasteiger partial charge in [-0.2, -0.15) is 0 Å². The molecule has 19 heavy (non-hydrogen) atoms. The molecule has 0 heterocycles. The van der Waals surface area contributed by atoms with E-state index >= 15 is 0 Å². The third kappa shape index (κ3) is 3.80. The summed E-state index contributed by atoms with van der Waals surface area (Å²) in [6.45, 7) is 4.50. The molecule has 0 amide bonds. The van der Waals surface area contributed by atoms with Crippen LogP contribution in [-0.2, 0) is 12.8 Å². The fourth-order valence-electron chi connectivity index (χ4n) is 3.38. The number of nitrogens with one attached hydrogen (secondary N) is 1. The van der Waals surface area contributed by atoms with E-state index in [-0.39, 0.29) is 0 Å². The summed E-state index contributed by atoms with van der Waals surface area (Å²) in [4.78, 5) is 0. The van der Waals surface area contributed by atoms with E-state index in [0.29, 0.717) is 6.04 Å². The molecule has 106 valence electrons. The molecule has 1 aliphatic rings. The normalized spacial score (nSPS) is 24.6. The highest BCUT2D eigenvalue weighted by Gasteiger charge is 2.29. The van der Waals surface area contributed by atoms with Gasteiger partial charge in [-0.3, -0.25) is 11.3 Å². The van der Waals surface area contributed by atoms with Crippen molar-refractivity contribution in [2.24, 2.45) is 17.7 Å². The second kappa shape index (κ2) is 7.06. The van der Waals surface area contributed by atoms with E-state index in [1.54, 1.807) is 0 Å². The van der Waals surface area contributed by atoms with Crippen LogP contribution in [-0.4, -0.2) is 6.04 Å². The second-order valence-electron chi connectivity index (χ2n) is 5.99. The van der Waals surface area contributed by atoms with E-state index in [1.807, 2.05) is 0 Å². The van der Waals surface area contributed by atoms with Crippen LogP contribution in [0.1, 0.15) is 50.7 Å². The van der Waals surface area contributed by atoms with Crippen LogP contribution in [0.15, 0.2) is 24.3 Å². The molecule has 2 rings (SSSR count). The SMILES string of the molecule is CCc1ccc(CC(NN)C2CCC(CC)C2)cc1. The van der Waals surface area contributed by atoms with Crippen molar-refractivity contribution in [3.05, 3.63) is 35.4 Å². The van der Waals surface area contributed by atoms with E-state index < -0.39 is 0 Å². The Labute approximate surface area is 117 Å². The van der Waals surface area contributed by atoms with Gasteiger partial charge in [-0.1, -0.05) is 51.0 Å². The topological polar surface area (TPSA) is 38.0 Å². The number of aryl methyl sites for hydroxylation is 1. The number of hydrogen-bond donors (Lipinski definition) is 2. The molecule has 0 spiro atoms. The van der Waals surface area contributed by atoms with Gasteiger partial charge in [-0.15, -0.1) is 0 Å². The summed E-state index contributed by atoms with van der Waals surface area (Å²) in [7, 11) is 0. The van der Waals surface area contributed by atoms with Crippen molar-refractivity contribution in [3.8, 4) is 0 Å². The average molecular weight is 260 g/mol. The highest BCUT2D eigenvalue weighted by molar-refractivity contribution is 5.23. The molecule has 1 aromatic carbocycles. The van der Waals surface area contributed by atoms with Gasteiger partial charge in [0.2, 0.25) is 0 Å². The molecule has 0 radical (unpaired) electrons. The van der Waals surface area contributed by atoms with Gasteiger partial charge in [0.15, 0.2) is 0 Å². The van der Waals surface area contributed by atoms with E-state index in [9.17, 15) is 0 Å². The molecule has 1 aliphatic carbocycles. The van der Waals surface area contributed by atoms with Crippen LogP contribution in [0.5, 0.6) is 0 Å². The highest BCUT2D eigenvalue weighted by Crippen LogP contribution is 2.35. The molecular weight excluding hydrogens is 232 g/mol. The molecule has 1 aromatic rings. The summed E-state index contributed by atoms with van der Waals surface area (Å²) in [6, 6.07) is 9.44. The van der Waals surface area contributed by atoms with E-state index in [2.05, 4.69) is 43.5 Å². The molecule has 3 unspecified atom stereocenters. The number of nitrogens with two attached hydrogens (primary N) is 1. The minimum absolute atomic E-state index is 0.434. The van der Waals surface area contributed by atoms with Crippen LogP contribution in [0, 0.1) is 11.8 Å². The Kier molecular flexibility index (Phi) is 5.41. The monoisotopic (exact) mass is 260 g/mol. The summed E-state index contributed by atoms with van der Waals surface area (Å²) in [5, 5.41) is 0. The quantitative estimate of drug-likeness (QED) is 0.607. The Bertz CT molecular complexity index is 371. The summed E-state index contributed by atoms with van der Waals surface area (Å²) in [5.41, 5.74) is 5.88. The van der Waals surface area contributed by atoms with Crippen LogP contribution in [0.2, 0.25) is 0 Å². The Balaban J connectivity index is 1.94. The third-order valence-electron chi connectivity index (χ3n) is 4.83. The molecule has 0 saturated heterocycles. The van der Waals surface area contributed by atoms with Crippen molar-refractivity contribution in [1.29, 1.82) is 0 Å². The number of benzene rings is 1. The molecule has 0 bridgehead atoms. The van der Waals surface area contributed by atoms with Crippen LogP contribution >= 0.6 is 0 Å². The summed E-state index contributed by atoms with van der Waals surface area (Å²) in [6.07, 6.45) is 7.55. The highest BCUT2D eigenvalue weighted by atomic mass is 15.2. The van der Waals surface area contributed by atoms with Crippen LogP contribution in [0.4, 0.5) is 0 Å². The molecule has 1 fully saturated rings. The van der Waals surface area contributed by atoms with E-state index in [0.717, 1.165) is 24.7 Å². The largest absolute Gasteiger partial charge is 0.271 e. The van der Waals surface area contributed by atoms with Crippen molar-refractivity contribution in [2.75, 3.05) is 0 Å². The fourth-order valence-corrected chi connectivity index (χ4v) is 3.38. The molecule has 0 aromatic heterocycles. The first-order chi connectivity index (χ1) is 9.26. The number of rotatable bonds is 6. The number of hydrogen-bond acceptors (Lipinski definition) is 2. The zero-order valence-electron chi connectivity index (χ0n) is 12.4. The lowest BCUT2D eigenvalue weighted by atomic mass is 9.91. The summed E-state index contributed by atoms with van der Waals surface area (Å²) < 4.78 is 0. The van der Waals surface area contributed by atoms with Crippen LogP contribution < -0.4 is 11.3 Å². The Morgan fingerprint density at radius 3 is 2.37 bits per heavy atom. The standard InChI is InChI=1S/C17H28N2/c1-3-13-5-7-15(8-6-13)12-17(19-18)16-10-9-14(4-2)11-16/h5-8,14,16-17,19H,3-4,9-12,18H2,1-2H3. The van der Waals surface area contributed by atoms with Gasteiger partial charge in [-0.05, 0) is 48.6 Å². The van der Waals surface area contributed by atoms with Gasteiger partial charge >= 0.3 is 0 Å².